The van der Waals surface area contributed by atoms with Crippen LogP contribution in [0.5, 0.6) is 0 Å². The molecule has 0 fully saturated rings. The van der Waals surface area contributed by atoms with Gasteiger partial charge in [-0.3, -0.25) is 0 Å². The summed E-state index contributed by atoms with van der Waals surface area (Å²) in [5.41, 5.74) is 0.684. The van der Waals surface area contributed by atoms with Gasteiger partial charge in [-0.2, -0.15) is 0 Å². The van der Waals surface area contributed by atoms with Crippen LogP contribution in [-0.2, 0) is 6.61 Å². The van der Waals surface area contributed by atoms with E-state index in [1.807, 2.05) is 6.92 Å². The molecule has 0 aliphatic carbocycles. The van der Waals surface area contributed by atoms with E-state index in [1.165, 1.54) is 24.4 Å². The Bertz CT molecular complexity index is 575. The Kier molecular flexibility index (Phi) is 4.06. The largest absolute Gasteiger partial charge is 0.392 e. The van der Waals surface area contributed by atoms with Gasteiger partial charge in [0.2, 0.25) is 0 Å². The van der Waals surface area contributed by atoms with E-state index in [2.05, 4.69) is 4.98 Å². The highest BCUT2D eigenvalue weighted by Gasteiger charge is 2.16. The van der Waals surface area contributed by atoms with E-state index >= 15 is 0 Å². The van der Waals surface area contributed by atoms with Crippen LogP contribution in [0, 0.1) is 11.6 Å². The van der Waals surface area contributed by atoms with E-state index in [4.69, 9.17) is 5.11 Å². The fourth-order valence-electron chi connectivity index (χ4n) is 1.88. The predicted molar refractivity (Wildman–Crippen MR) is 69.2 cm³/mol. The molecule has 1 aromatic carbocycles. The Hall–Kier alpha value is -2.01. The number of aliphatic hydroxyl groups excluding tert-OH is 1. The molecule has 5 heteroatoms. The van der Waals surface area contributed by atoms with E-state index in [9.17, 15) is 8.78 Å². The number of rotatable bonds is 4. The molecule has 2 aromatic rings. The number of pyridine rings is 1. The molecule has 1 aromatic heterocycles. The average molecular weight is 264 g/mol. The Morgan fingerprint density at radius 3 is 2.68 bits per heavy atom. The van der Waals surface area contributed by atoms with Gasteiger partial charge in [-0.1, -0.05) is 6.07 Å². The highest BCUT2D eigenvalue weighted by atomic mass is 19.1. The van der Waals surface area contributed by atoms with Gasteiger partial charge in [-0.05, 0) is 31.2 Å². The molecule has 0 saturated carbocycles. The zero-order valence-electron chi connectivity index (χ0n) is 10.5. The number of benzene rings is 1. The second-order valence-electron chi connectivity index (χ2n) is 3.99. The van der Waals surface area contributed by atoms with E-state index in [-0.39, 0.29) is 11.4 Å². The Labute approximate surface area is 110 Å². The lowest BCUT2D eigenvalue weighted by molar-refractivity contribution is 0.275. The highest BCUT2D eigenvalue weighted by molar-refractivity contribution is 5.60. The summed E-state index contributed by atoms with van der Waals surface area (Å²) in [6.07, 6.45) is 1.42. The molecular formula is C14H14F2N2O. The molecule has 100 valence electrons. The van der Waals surface area contributed by atoms with Crippen molar-refractivity contribution in [2.24, 2.45) is 0 Å². The molecule has 0 radical (unpaired) electrons. The summed E-state index contributed by atoms with van der Waals surface area (Å²) < 4.78 is 27.4. The highest BCUT2D eigenvalue weighted by Crippen LogP contribution is 2.27. The Balaban J connectivity index is 2.48. The third-order valence-electron chi connectivity index (χ3n) is 2.81. The van der Waals surface area contributed by atoms with Crippen molar-refractivity contribution in [3.05, 3.63) is 53.7 Å². The van der Waals surface area contributed by atoms with E-state index in [1.54, 1.807) is 17.0 Å². The second kappa shape index (κ2) is 5.75. The first-order valence-corrected chi connectivity index (χ1v) is 5.94. The van der Waals surface area contributed by atoms with Crippen molar-refractivity contribution >= 4 is 11.5 Å². The molecule has 0 atom stereocenters. The van der Waals surface area contributed by atoms with Crippen LogP contribution in [-0.4, -0.2) is 16.6 Å². The van der Waals surface area contributed by atoms with Crippen molar-refractivity contribution in [1.82, 2.24) is 4.98 Å². The van der Waals surface area contributed by atoms with E-state index < -0.39 is 18.2 Å². The molecule has 0 unspecified atom stereocenters. The number of anilines is 2. The fourth-order valence-corrected chi connectivity index (χ4v) is 1.88. The van der Waals surface area contributed by atoms with Gasteiger partial charge in [0, 0.05) is 24.0 Å². The van der Waals surface area contributed by atoms with Crippen LogP contribution in [0.4, 0.5) is 20.3 Å². The number of aromatic nitrogens is 1. The van der Waals surface area contributed by atoms with Crippen molar-refractivity contribution < 1.29 is 13.9 Å². The first-order chi connectivity index (χ1) is 9.17. The van der Waals surface area contributed by atoms with Crippen LogP contribution >= 0.6 is 0 Å². The summed E-state index contributed by atoms with van der Waals surface area (Å²) in [5, 5.41) is 9.07. The van der Waals surface area contributed by atoms with Crippen molar-refractivity contribution in [1.29, 1.82) is 0 Å². The second-order valence-corrected chi connectivity index (χ2v) is 3.99. The van der Waals surface area contributed by atoms with Gasteiger partial charge in [0.25, 0.3) is 0 Å². The van der Waals surface area contributed by atoms with Crippen LogP contribution in [0.2, 0.25) is 0 Å². The average Bonchev–Trinajstić information content (AvgIpc) is 2.41. The predicted octanol–water partition coefficient (Wildman–Crippen LogP) is 3.01. The van der Waals surface area contributed by atoms with Gasteiger partial charge < -0.3 is 10.0 Å². The van der Waals surface area contributed by atoms with Gasteiger partial charge in [0.15, 0.2) is 11.6 Å². The lowest BCUT2D eigenvalue weighted by Gasteiger charge is -2.23. The molecule has 1 N–H and O–H groups in total. The van der Waals surface area contributed by atoms with Gasteiger partial charge in [0.1, 0.15) is 5.82 Å². The number of hydrogen-bond acceptors (Lipinski definition) is 3. The third-order valence-corrected chi connectivity index (χ3v) is 2.81. The molecule has 1 heterocycles. The molecule has 19 heavy (non-hydrogen) atoms. The lowest BCUT2D eigenvalue weighted by atomic mass is 10.2. The molecule has 2 rings (SSSR count). The van der Waals surface area contributed by atoms with Crippen molar-refractivity contribution in [2.45, 2.75) is 13.5 Å². The minimum Gasteiger partial charge on any atom is -0.392 e. The van der Waals surface area contributed by atoms with E-state index in [0.717, 1.165) is 0 Å². The van der Waals surface area contributed by atoms with Crippen molar-refractivity contribution in [3.63, 3.8) is 0 Å². The maximum atomic E-state index is 14.1. The summed E-state index contributed by atoms with van der Waals surface area (Å²) in [7, 11) is 0. The summed E-state index contributed by atoms with van der Waals surface area (Å²) in [6.45, 7) is 1.85. The fraction of sp³-hybridized carbons (Fsp3) is 0.214. The smallest absolute Gasteiger partial charge is 0.171 e. The standard InChI is InChI=1S/C14H14F2N2O/c1-2-18(12-5-3-4-11(15)8-12)14-13(16)10(9-19)6-7-17-14/h3-8,19H,2,9H2,1H3. The summed E-state index contributed by atoms with van der Waals surface area (Å²) in [5.74, 6) is -0.898. The van der Waals surface area contributed by atoms with E-state index in [0.29, 0.717) is 12.2 Å². The summed E-state index contributed by atoms with van der Waals surface area (Å²) in [6, 6.07) is 7.29. The van der Waals surface area contributed by atoms with Crippen LogP contribution in [0.1, 0.15) is 12.5 Å². The number of aliphatic hydroxyl groups is 1. The molecular weight excluding hydrogens is 250 g/mol. The normalized spacial score (nSPS) is 10.5. The quantitative estimate of drug-likeness (QED) is 0.922. The SMILES string of the molecule is CCN(c1cccc(F)c1)c1nccc(CO)c1F. The van der Waals surface area contributed by atoms with Crippen molar-refractivity contribution in [3.8, 4) is 0 Å². The number of halogens is 2. The molecule has 0 bridgehead atoms. The first kappa shape index (κ1) is 13.4. The minimum absolute atomic E-state index is 0.0830. The molecule has 0 spiro atoms. The van der Waals surface area contributed by atoms with Gasteiger partial charge in [0.05, 0.1) is 6.61 Å². The maximum absolute atomic E-state index is 14.1. The van der Waals surface area contributed by atoms with Crippen LogP contribution < -0.4 is 4.90 Å². The third kappa shape index (κ3) is 2.71. The topological polar surface area (TPSA) is 36.4 Å². The molecule has 0 saturated heterocycles. The molecule has 3 nitrogen and oxygen atoms in total. The molecule has 0 aliphatic heterocycles. The zero-order chi connectivity index (χ0) is 13.8. The van der Waals surface area contributed by atoms with Crippen molar-refractivity contribution in [2.75, 3.05) is 11.4 Å². The Morgan fingerprint density at radius 2 is 2.05 bits per heavy atom. The summed E-state index contributed by atoms with van der Waals surface area (Å²) in [4.78, 5) is 5.53. The first-order valence-electron chi connectivity index (χ1n) is 5.94. The molecule has 0 aliphatic rings. The summed E-state index contributed by atoms with van der Waals surface area (Å²) >= 11 is 0. The molecule has 0 amide bonds. The van der Waals surface area contributed by atoms with Gasteiger partial charge >= 0.3 is 0 Å². The lowest BCUT2D eigenvalue weighted by Crippen LogP contribution is -2.19. The maximum Gasteiger partial charge on any atom is 0.171 e. The minimum atomic E-state index is -0.587. The van der Waals surface area contributed by atoms with Crippen LogP contribution in [0.3, 0.4) is 0 Å². The van der Waals surface area contributed by atoms with Crippen LogP contribution in [0.25, 0.3) is 0 Å². The monoisotopic (exact) mass is 264 g/mol. The Morgan fingerprint density at radius 1 is 1.26 bits per heavy atom. The zero-order valence-corrected chi connectivity index (χ0v) is 10.5. The van der Waals surface area contributed by atoms with Gasteiger partial charge in [-0.15, -0.1) is 0 Å². The van der Waals surface area contributed by atoms with Crippen LogP contribution in [0.15, 0.2) is 36.5 Å². The van der Waals surface area contributed by atoms with Gasteiger partial charge in [-0.25, -0.2) is 13.8 Å². The number of nitrogens with zero attached hydrogens (tertiary/aromatic N) is 2. The number of hydrogen-bond donors (Lipinski definition) is 1.